The molecule has 5 N–H and O–H groups in total. The maximum absolute atomic E-state index is 13.5. The third-order valence-corrected chi connectivity index (χ3v) is 12.4. The number of nitrogens with one attached hydrogen (secondary N) is 3. The van der Waals surface area contributed by atoms with E-state index in [4.69, 9.17) is 15.7 Å². The van der Waals surface area contributed by atoms with Crippen LogP contribution in [0.5, 0.6) is 0 Å². The molecule has 9 rings (SSSR count). The normalized spacial score (nSPS) is 18.6. The molecule has 1 unspecified atom stereocenters. The summed E-state index contributed by atoms with van der Waals surface area (Å²) in [4.78, 5) is 100. The number of piperazine rings is 1. The van der Waals surface area contributed by atoms with Gasteiger partial charge in [0, 0.05) is 67.1 Å². The van der Waals surface area contributed by atoms with E-state index in [0.29, 0.717) is 51.6 Å². The van der Waals surface area contributed by atoms with Gasteiger partial charge in [0.1, 0.15) is 6.04 Å². The summed E-state index contributed by atoms with van der Waals surface area (Å²) in [6.07, 6.45) is 10.1. The van der Waals surface area contributed by atoms with Crippen LogP contribution in [0.15, 0.2) is 77.9 Å². The van der Waals surface area contributed by atoms with Crippen molar-refractivity contribution in [2.75, 3.05) is 37.6 Å². The van der Waals surface area contributed by atoms with E-state index in [-0.39, 0.29) is 29.5 Å². The minimum Gasteiger partial charge on any atom is -0.387 e. The Hall–Kier alpha value is -7.07. The first-order valence-electron chi connectivity index (χ1n) is 21.7. The number of H-pyrrole nitrogens is 1. The van der Waals surface area contributed by atoms with Gasteiger partial charge in [0.25, 0.3) is 23.6 Å². The van der Waals surface area contributed by atoms with Crippen molar-refractivity contribution in [3.05, 3.63) is 95.3 Å². The molecule has 0 aliphatic carbocycles. The van der Waals surface area contributed by atoms with Gasteiger partial charge in [-0.1, -0.05) is 68.5 Å². The van der Waals surface area contributed by atoms with E-state index in [0.717, 1.165) is 93.5 Å². The zero-order valence-electron chi connectivity index (χ0n) is 34.8. The zero-order valence-corrected chi connectivity index (χ0v) is 34.8. The van der Waals surface area contributed by atoms with E-state index < -0.39 is 41.5 Å². The fraction of sp³-hybridized carbons (Fsp3) is 0.340. The number of amides is 6. The van der Waals surface area contributed by atoms with Crippen LogP contribution in [0.3, 0.4) is 0 Å². The molecule has 0 saturated carbocycles. The Morgan fingerprint density at radius 1 is 0.714 bits per heavy atom. The second-order valence-electron chi connectivity index (χ2n) is 16.5. The van der Waals surface area contributed by atoms with Crippen LogP contribution in [-0.2, 0) is 19.2 Å². The number of imide groups is 3. The number of para-hydroxylation sites is 2. The number of amidine groups is 1. The van der Waals surface area contributed by atoms with Gasteiger partial charge in [0.05, 0.1) is 45.0 Å². The van der Waals surface area contributed by atoms with Crippen LogP contribution in [-0.4, -0.2) is 105 Å². The number of fused-ring (bicyclic) bond motifs is 3. The Labute approximate surface area is 363 Å². The number of hydrogen-bond acceptors (Lipinski definition) is 11. The first-order chi connectivity index (χ1) is 30.6. The van der Waals surface area contributed by atoms with Crippen LogP contribution < -0.4 is 21.3 Å². The van der Waals surface area contributed by atoms with E-state index in [9.17, 15) is 28.8 Å². The van der Waals surface area contributed by atoms with Crippen molar-refractivity contribution in [3.8, 4) is 0 Å². The van der Waals surface area contributed by atoms with Crippen molar-refractivity contribution in [1.29, 1.82) is 0 Å². The van der Waals surface area contributed by atoms with Crippen LogP contribution >= 0.6 is 0 Å². The predicted molar refractivity (Wildman–Crippen MR) is 238 cm³/mol. The average molecular weight is 849 g/mol. The number of carbonyl (C=O) groups is 6. The number of hydrogen-bond donors (Lipinski definition) is 4. The number of aromatic nitrogens is 3. The lowest BCUT2D eigenvalue weighted by Crippen LogP contribution is -2.54. The maximum Gasteiger partial charge on any atom is 0.262 e. The highest BCUT2D eigenvalue weighted by Gasteiger charge is 2.44. The number of benzene rings is 3. The van der Waals surface area contributed by atoms with Gasteiger partial charge in [0.15, 0.2) is 0 Å². The maximum atomic E-state index is 13.5. The van der Waals surface area contributed by atoms with Crippen molar-refractivity contribution in [1.82, 2.24) is 35.4 Å². The Bertz CT molecular complexity index is 2750. The Morgan fingerprint density at radius 3 is 2.21 bits per heavy atom. The smallest absolute Gasteiger partial charge is 0.262 e. The first kappa shape index (κ1) is 41.3. The van der Waals surface area contributed by atoms with E-state index in [1.165, 1.54) is 12.1 Å². The highest BCUT2D eigenvalue weighted by atomic mass is 16.2. The lowest BCUT2D eigenvalue weighted by atomic mass is 9.97. The zero-order chi connectivity index (χ0) is 43.6. The monoisotopic (exact) mass is 848 g/mol. The number of nitrogens with two attached hydrogens (primary N) is 1. The summed E-state index contributed by atoms with van der Waals surface area (Å²) in [5.74, 6) is -2.09. The van der Waals surface area contributed by atoms with Crippen LogP contribution in [0.2, 0.25) is 0 Å². The third-order valence-electron chi connectivity index (χ3n) is 12.4. The van der Waals surface area contributed by atoms with Crippen molar-refractivity contribution < 1.29 is 28.8 Å². The molecule has 322 valence electrons. The number of anilines is 1. The SMILES string of the molecule is NC(CCCCCCCCCN1CCN(c2nc(C3=C(c4c[nH]c5ccccc45)C(=O)NC3=O)c3ccccc3n2)CC1)=Nc1ccc2c(c1)C(=O)N(C1CCC(=O)NC1=O)C2=O. The van der Waals surface area contributed by atoms with E-state index in [2.05, 4.69) is 30.4 Å². The number of carbonyl (C=O) groups excluding carboxylic acids is 6. The molecule has 4 aliphatic heterocycles. The largest absolute Gasteiger partial charge is 0.387 e. The van der Waals surface area contributed by atoms with Crippen LogP contribution in [0, 0.1) is 0 Å². The topological polar surface area (TPSA) is 216 Å². The lowest BCUT2D eigenvalue weighted by Gasteiger charge is -2.35. The summed E-state index contributed by atoms with van der Waals surface area (Å²) in [5, 5.41) is 6.30. The molecule has 6 heterocycles. The molecule has 4 aliphatic rings. The average Bonchev–Trinajstić information content (AvgIpc) is 3.92. The molecule has 0 spiro atoms. The molecule has 16 nitrogen and oxygen atoms in total. The van der Waals surface area contributed by atoms with Gasteiger partial charge >= 0.3 is 0 Å². The van der Waals surface area contributed by atoms with Gasteiger partial charge < -0.3 is 15.6 Å². The van der Waals surface area contributed by atoms with Crippen LogP contribution in [0.25, 0.3) is 33.0 Å². The molecule has 2 saturated heterocycles. The number of unbranched alkanes of at least 4 members (excludes halogenated alkanes) is 6. The molecule has 2 fully saturated rings. The molecular weight excluding hydrogens is 801 g/mol. The molecule has 6 amide bonds. The van der Waals surface area contributed by atoms with Crippen molar-refractivity contribution in [3.63, 3.8) is 0 Å². The summed E-state index contributed by atoms with van der Waals surface area (Å²) in [5.41, 5.74) is 10.4. The molecule has 5 aromatic rings. The van der Waals surface area contributed by atoms with Gasteiger partial charge in [-0.3, -0.25) is 49.2 Å². The van der Waals surface area contributed by atoms with Crippen molar-refractivity contribution >= 4 is 85.9 Å². The van der Waals surface area contributed by atoms with Crippen LogP contribution in [0.1, 0.15) is 96.2 Å². The standard InChI is InChI=1S/C47H48N10O6/c48-37(50-28-17-18-30-32(26-28)46(63)57(45(30)62)36-19-20-38(58)52-42(36)59)16-6-4-2-1-3-5-11-21-55-22-24-56(25-23-55)47-51-35-15-10-8-13-31(35)41(53-47)40-39(43(60)54-44(40)61)33-27-49-34-14-9-7-12-29(33)34/h7-10,12-15,17-18,26-27,36,49H,1-6,11,16,19-25H2,(H2,48,50)(H,52,58,59)(H,54,60,61). The molecule has 3 aromatic carbocycles. The van der Waals surface area contributed by atoms with Crippen LogP contribution in [0.4, 0.5) is 11.6 Å². The predicted octanol–water partition coefficient (Wildman–Crippen LogP) is 5.01. The van der Waals surface area contributed by atoms with E-state index in [1.54, 1.807) is 12.3 Å². The minimum absolute atomic E-state index is 0.0638. The first-order valence-corrected chi connectivity index (χ1v) is 21.7. The van der Waals surface area contributed by atoms with Gasteiger partial charge in [-0.15, -0.1) is 0 Å². The van der Waals surface area contributed by atoms with Gasteiger partial charge in [-0.25, -0.2) is 15.0 Å². The number of nitrogens with zero attached hydrogens (tertiary/aromatic N) is 6. The van der Waals surface area contributed by atoms with E-state index in [1.807, 2.05) is 48.5 Å². The molecule has 1 atom stereocenters. The van der Waals surface area contributed by atoms with Gasteiger partial charge in [-0.2, -0.15) is 0 Å². The molecule has 0 bridgehead atoms. The molecule has 63 heavy (non-hydrogen) atoms. The fourth-order valence-corrected chi connectivity index (χ4v) is 9.06. The highest BCUT2D eigenvalue weighted by molar-refractivity contribution is 6.50. The van der Waals surface area contributed by atoms with Gasteiger partial charge in [0.2, 0.25) is 17.8 Å². The quantitative estimate of drug-likeness (QED) is 0.0475. The summed E-state index contributed by atoms with van der Waals surface area (Å²) in [6.45, 7) is 4.26. The van der Waals surface area contributed by atoms with Crippen molar-refractivity contribution in [2.24, 2.45) is 10.7 Å². The van der Waals surface area contributed by atoms with Gasteiger partial charge in [-0.05, 0) is 56.1 Å². The fourth-order valence-electron chi connectivity index (χ4n) is 9.06. The summed E-state index contributed by atoms with van der Waals surface area (Å²) in [7, 11) is 0. The molecule has 2 aromatic heterocycles. The molecular formula is C47H48N10O6. The Balaban J connectivity index is 0.718. The number of aromatic amines is 1. The molecule has 0 radical (unpaired) electrons. The Kier molecular flexibility index (Phi) is 11.6. The van der Waals surface area contributed by atoms with Crippen molar-refractivity contribution in [2.45, 2.75) is 70.3 Å². The Morgan fingerprint density at radius 2 is 1.41 bits per heavy atom. The summed E-state index contributed by atoms with van der Waals surface area (Å²) < 4.78 is 0. The minimum atomic E-state index is -1.01. The highest BCUT2D eigenvalue weighted by Crippen LogP contribution is 2.37. The number of aliphatic imine (C=N–C) groups is 1. The number of piperidine rings is 1. The second kappa shape index (κ2) is 17.7. The number of rotatable bonds is 15. The van der Waals surface area contributed by atoms with E-state index >= 15 is 0 Å². The molecule has 16 heteroatoms. The summed E-state index contributed by atoms with van der Waals surface area (Å²) in [6, 6.07) is 19.0. The lowest BCUT2D eigenvalue weighted by molar-refractivity contribution is -0.136. The second-order valence-corrected chi connectivity index (χ2v) is 16.5. The summed E-state index contributed by atoms with van der Waals surface area (Å²) >= 11 is 0. The third kappa shape index (κ3) is 8.33.